The first-order valence-electron chi connectivity index (χ1n) is 7.85. The number of hydrogen-bond donors (Lipinski definition) is 0. The number of halogens is 1. The molecule has 0 saturated carbocycles. The summed E-state index contributed by atoms with van der Waals surface area (Å²) in [7, 11) is 2.09. The molecule has 0 fully saturated rings. The minimum atomic E-state index is -0.348. The van der Waals surface area contributed by atoms with E-state index >= 15 is 0 Å². The molecule has 2 rings (SSSR count). The molecule has 6 heteroatoms. The summed E-state index contributed by atoms with van der Waals surface area (Å²) in [5, 5.41) is 0. The summed E-state index contributed by atoms with van der Waals surface area (Å²) in [5.74, 6) is 0.921. The standard InChI is InChI=1S/C18H22BrN3O2/c1-4-21(3)11-12-22(16-7-5-15(19)6-8-16)18-10-9-17(13-20-18)24-14(2)23/h5-10,13H,4,11-12H2,1-3H3. The maximum absolute atomic E-state index is 11.0. The van der Waals surface area contributed by atoms with E-state index in [-0.39, 0.29) is 5.97 Å². The van der Waals surface area contributed by atoms with Gasteiger partial charge in [-0.15, -0.1) is 0 Å². The van der Waals surface area contributed by atoms with Gasteiger partial charge in [0, 0.05) is 30.2 Å². The molecule has 0 N–H and O–H groups in total. The van der Waals surface area contributed by atoms with Crippen molar-refractivity contribution in [2.45, 2.75) is 13.8 Å². The van der Waals surface area contributed by atoms with E-state index < -0.39 is 0 Å². The average Bonchev–Trinajstić information content (AvgIpc) is 2.57. The maximum Gasteiger partial charge on any atom is 0.308 e. The second-order valence-electron chi connectivity index (χ2n) is 5.47. The maximum atomic E-state index is 11.0. The number of anilines is 2. The molecule has 1 aromatic heterocycles. The fraction of sp³-hybridized carbons (Fsp3) is 0.333. The second kappa shape index (κ2) is 8.80. The molecule has 24 heavy (non-hydrogen) atoms. The highest BCUT2D eigenvalue weighted by Crippen LogP contribution is 2.26. The molecule has 5 nitrogen and oxygen atoms in total. The predicted octanol–water partition coefficient (Wildman–Crippen LogP) is 3.86. The Morgan fingerprint density at radius 3 is 2.42 bits per heavy atom. The van der Waals surface area contributed by atoms with Crippen LogP contribution in [0, 0.1) is 0 Å². The summed E-state index contributed by atoms with van der Waals surface area (Å²) >= 11 is 3.47. The van der Waals surface area contributed by atoms with E-state index in [0.717, 1.165) is 35.6 Å². The summed E-state index contributed by atoms with van der Waals surface area (Å²) in [5.41, 5.74) is 1.07. The lowest BCUT2D eigenvalue weighted by molar-refractivity contribution is -0.131. The first-order chi connectivity index (χ1) is 11.5. The Labute approximate surface area is 151 Å². The van der Waals surface area contributed by atoms with Crippen molar-refractivity contribution in [3.63, 3.8) is 0 Å². The Morgan fingerprint density at radius 1 is 1.17 bits per heavy atom. The lowest BCUT2D eigenvalue weighted by Gasteiger charge is -2.26. The number of pyridine rings is 1. The first-order valence-corrected chi connectivity index (χ1v) is 8.65. The van der Waals surface area contributed by atoms with Gasteiger partial charge >= 0.3 is 5.97 Å². The van der Waals surface area contributed by atoms with Gasteiger partial charge < -0.3 is 14.5 Å². The largest absolute Gasteiger partial charge is 0.425 e. The number of nitrogens with zero attached hydrogens (tertiary/aromatic N) is 3. The summed E-state index contributed by atoms with van der Waals surface area (Å²) in [4.78, 5) is 19.9. The van der Waals surface area contributed by atoms with Crippen LogP contribution >= 0.6 is 15.9 Å². The molecular weight excluding hydrogens is 370 g/mol. The zero-order valence-electron chi connectivity index (χ0n) is 14.2. The van der Waals surface area contributed by atoms with Gasteiger partial charge in [0.15, 0.2) is 0 Å². The number of carbonyl (C=O) groups is 1. The van der Waals surface area contributed by atoms with E-state index in [9.17, 15) is 4.79 Å². The van der Waals surface area contributed by atoms with Crippen molar-refractivity contribution < 1.29 is 9.53 Å². The van der Waals surface area contributed by atoms with Crippen LogP contribution in [-0.2, 0) is 4.79 Å². The number of ether oxygens (including phenoxy) is 1. The smallest absolute Gasteiger partial charge is 0.308 e. The van der Waals surface area contributed by atoms with E-state index in [1.807, 2.05) is 18.2 Å². The van der Waals surface area contributed by atoms with Gasteiger partial charge in [0.1, 0.15) is 11.6 Å². The first kappa shape index (κ1) is 18.4. The van der Waals surface area contributed by atoms with Crippen LogP contribution in [0.25, 0.3) is 0 Å². The van der Waals surface area contributed by atoms with Crippen LogP contribution in [0.2, 0.25) is 0 Å². The molecule has 0 amide bonds. The van der Waals surface area contributed by atoms with E-state index in [0.29, 0.717) is 5.75 Å². The van der Waals surface area contributed by atoms with Crippen LogP contribution in [0.4, 0.5) is 11.5 Å². The van der Waals surface area contributed by atoms with Crippen molar-refractivity contribution in [1.29, 1.82) is 0 Å². The zero-order chi connectivity index (χ0) is 17.5. The second-order valence-corrected chi connectivity index (χ2v) is 6.39. The number of aromatic nitrogens is 1. The summed E-state index contributed by atoms with van der Waals surface area (Å²) in [6.45, 7) is 6.23. The quantitative estimate of drug-likeness (QED) is 0.670. The molecule has 2 aromatic rings. The van der Waals surface area contributed by atoms with Crippen molar-refractivity contribution >= 4 is 33.4 Å². The summed E-state index contributed by atoms with van der Waals surface area (Å²) in [6, 6.07) is 11.8. The Bertz CT molecular complexity index is 659. The average molecular weight is 392 g/mol. The van der Waals surface area contributed by atoms with E-state index in [2.05, 4.69) is 56.8 Å². The SMILES string of the molecule is CCN(C)CCN(c1ccc(Br)cc1)c1ccc(OC(C)=O)cn1. The van der Waals surface area contributed by atoms with E-state index in [1.54, 1.807) is 12.3 Å². The third-order valence-electron chi connectivity index (χ3n) is 3.64. The van der Waals surface area contributed by atoms with Gasteiger partial charge in [-0.3, -0.25) is 4.79 Å². The number of benzene rings is 1. The molecule has 128 valence electrons. The Morgan fingerprint density at radius 2 is 1.88 bits per heavy atom. The van der Waals surface area contributed by atoms with Crippen molar-refractivity contribution in [3.8, 4) is 5.75 Å². The number of esters is 1. The Hall–Kier alpha value is -1.92. The summed E-state index contributed by atoms with van der Waals surface area (Å²) < 4.78 is 6.09. The number of rotatable bonds is 7. The predicted molar refractivity (Wildman–Crippen MR) is 99.9 cm³/mol. The van der Waals surface area contributed by atoms with Gasteiger partial charge in [-0.05, 0) is 50.0 Å². The topological polar surface area (TPSA) is 45.7 Å². The molecule has 0 aliphatic heterocycles. The third-order valence-corrected chi connectivity index (χ3v) is 4.17. The zero-order valence-corrected chi connectivity index (χ0v) is 15.8. The number of carbonyl (C=O) groups excluding carboxylic acids is 1. The van der Waals surface area contributed by atoms with Gasteiger partial charge in [0.05, 0.1) is 6.20 Å². The van der Waals surface area contributed by atoms with Gasteiger partial charge in [-0.1, -0.05) is 22.9 Å². The minimum Gasteiger partial charge on any atom is -0.425 e. The van der Waals surface area contributed by atoms with E-state index in [1.165, 1.54) is 6.92 Å². The van der Waals surface area contributed by atoms with Gasteiger partial charge in [-0.25, -0.2) is 4.98 Å². The van der Waals surface area contributed by atoms with Crippen LogP contribution in [-0.4, -0.2) is 42.5 Å². The van der Waals surface area contributed by atoms with Crippen LogP contribution in [0.1, 0.15) is 13.8 Å². The van der Waals surface area contributed by atoms with Gasteiger partial charge in [0.25, 0.3) is 0 Å². The molecule has 0 atom stereocenters. The van der Waals surface area contributed by atoms with Crippen LogP contribution < -0.4 is 9.64 Å². The lowest BCUT2D eigenvalue weighted by atomic mass is 10.2. The molecule has 0 aliphatic rings. The van der Waals surface area contributed by atoms with Gasteiger partial charge in [-0.2, -0.15) is 0 Å². The molecule has 0 spiro atoms. The molecule has 0 bridgehead atoms. The number of likely N-dealkylation sites (N-methyl/N-ethyl adjacent to an activating group) is 1. The van der Waals surface area contributed by atoms with Crippen molar-refractivity contribution in [2.24, 2.45) is 0 Å². The fourth-order valence-corrected chi connectivity index (χ4v) is 2.45. The number of hydrogen-bond acceptors (Lipinski definition) is 5. The molecular formula is C18H22BrN3O2. The van der Waals surface area contributed by atoms with Crippen LogP contribution in [0.15, 0.2) is 47.1 Å². The third kappa shape index (κ3) is 5.32. The molecule has 0 unspecified atom stereocenters. The van der Waals surface area contributed by atoms with Crippen molar-refractivity contribution in [1.82, 2.24) is 9.88 Å². The van der Waals surface area contributed by atoms with Crippen LogP contribution in [0.3, 0.4) is 0 Å². The monoisotopic (exact) mass is 391 g/mol. The van der Waals surface area contributed by atoms with Crippen molar-refractivity contribution in [2.75, 3.05) is 31.6 Å². The highest BCUT2D eigenvalue weighted by atomic mass is 79.9. The molecule has 0 aliphatic carbocycles. The molecule has 0 saturated heterocycles. The van der Waals surface area contributed by atoms with Crippen molar-refractivity contribution in [3.05, 3.63) is 47.1 Å². The normalized spacial score (nSPS) is 10.7. The Kier molecular flexibility index (Phi) is 6.75. The Balaban J connectivity index is 2.23. The van der Waals surface area contributed by atoms with Gasteiger partial charge in [0.2, 0.25) is 0 Å². The minimum absolute atomic E-state index is 0.348. The van der Waals surface area contributed by atoms with Crippen LogP contribution in [0.5, 0.6) is 5.75 Å². The lowest BCUT2D eigenvalue weighted by Crippen LogP contribution is -2.30. The van der Waals surface area contributed by atoms with E-state index in [4.69, 9.17) is 4.74 Å². The molecule has 1 heterocycles. The fourth-order valence-electron chi connectivity index (χ4n) is 2.18. The molecule has 0 radical (unpaired) electrons. The highest BCUT2D eigenvalue weighted by molar-refractivity contribution is 9.10. The summed E-state index contributed by atoms with van der Waals surface area (Å²) in [6.07, 6.45) is 1.58. The molecule has 1 aromatic carbocycles. The highest BCUT2D eigenvalue weighted by Gasteiger charge is 2.12.